The third-order valence-electron chi connectivity index (χ3n) is 3.19. The molecule has 0 spiro atoms. The van der Waals surface area contributed by atoms with Crippen LogP contribution in [0, 0.1) is 0 Å². The number of nitrogens with two attached hydrogens (primary N) is 1. The SMILES string of the molecule is CC1CCCCN1S(=O)(=O)NC1CC1N. The molecule has 15 heavy (non-hydrogen) atoms. The van der Waals surface area contributed by atoms with E-state index in [1.54, 1.807) is 4.31 Å². The Balaban J connectivity index is 2.00. The first-order valence-corrected chi connectivity index (χ1v) is 6.99. The van der Waals surface area contributed by atoms with Crippen molar-refractivity contribution in [2.24, 2.45) is 5.73 Å². The lowest BCUT2D eigenvalue weighted by Gasteiger charge is -2.32. The van der Waals surface area contributed by atoms with Gasteiger partial charge in [0.15, 0.2) is 0 Å². The van der Waals surface area contributed by atoms with Gasteiger partial charge in [0.25, 0.3) is 10.2 Å². The lowest BCUT2D eigenvalue weighted by Crippen LogP contribution is -2.49. The molecule has 2 fully saturated rings. The summed E-state index contributed by atoms with van der Waals surface area (Å²) in [5.41, 5.74) is 5.59. The average molecular weight is 233 g/mol. The third kappa shape index (κ3) is 2.50. The quantitative estimate of drug-likeness (QED) is 0.708. The fourth-order valence-electron chi connectivity index (χ4n) is 2.04. The number of nitrogens with one attached hydrogen (secondary N) is 1. The van der Waals surface area contributed by atoms with Crippen LogP contribution in [0.3, 0.4) is 0 Å². The molecule has 1 saturated carbocycles. The molecule has 1 heterocycles. The molecule has 0 amide bonds. The molecule has 88 valence electrons. The number of hydrogen-bond donors (Lipinski definition) is 2. The van der Waals surface area contributed by atoms with Crippen molar-refractivity contribution in [3.05, 3.63) is 0 Å². The van der Waals surface area contributed by atoms with Crippen molar-refractivity contribution in [3.8, 4) is 0 Å². The second-order valence-electron chi connectivity index (χ2n) is 4.58. The van der Waals surface area contributed by atoms with Crippen LogP contribution in [0.25, 0.3) is 0 Å². The van der Waals surface area contributed by atoms with Crippen LogP contribution in [0.15, 0.2) is 0 Å². The summed E-state index contributed by atoms with van der Waals surface area (Å²) in [6.07, 6.45) is 3.80. The Kier molecular flexibility index (Phi) is 3.03. The van der Waals surface area contributed by atoms with E-state index < -0.39 is 10.2 Å². The minimum absolute atomic E-state index is 0.0138. The summed E-state index contributed by atoms with van der Waals surface area (Å²) in [7, 11) is -3.30. The minimum Gasteiger partial charge on any atom is -0.326 e. The first-order valence-electron chi connectivity index (χ1n) is 5.55. The zero-order valence-electron chi connectivity index (χ0n) is 9.02. The second kappa shape index (κ2) is 4.01. The molecule has 3 atom stereocenters. The van der Waals surface area contributed by atoms with Crippen LogP contribution in [0.2, 0.25) is 0 Å². The van der Waals surface area contributed by atoms with Crippen LogP contribution < -0.4 is 10.5 Å². The van der Waals surface area contributed by atoms with Crippen molar-refractivity contribution in [2.45, 2.75) is 50.7 Å². The molecule has 2 aliphatic rings. The molecule has 0 bridgehead atoms. The van der Waals surface area contributed by atoms with Gasteiger partial charge in [-0.3, -0.25) is 0 Å². The Labute approximate surface area is 91.2 Å². The molecule has 0 aromatic heterocycles. The highest BCUT2D eigenvalue weighted by atomic mass is 32.2. The molecule has 1 saturated heterocycles. The van der Waals surface area contributed by atoms with Crippen LogP contribution in [-0.2, 0) is 10.2 Å². The Morgan fingerprint density at radius 3 is 2.60 bits per heavy atom. The van der Waals surface area contributed by atoms with E-state index in [2.05, 4.69) is 4.72 Å². The highest BCUT2D eigenvalue weighted by Crippen LogP contribution is 2.23. The smallest absolute Gasteiger partial charge is 0.279 e. The highest BCUT2D eigenvalue weighted by molar-refractivity contribution is 7.87. The third-order valence-corrected chi connectivity index (χ3v) is 4.95. The topological polar surface area (TPSA) is 75.4 Å². The molecule has 1 aliphatic heterocycles. The summed E-state index contributed by atoms with van der Waals surface area (Å²) < 4.78 is 28.1. The van der Waals surface area contributed by atoms with Crippen LogP contribution in [0.5, 0.6) is 0 Å². The largest absolute Gasteiger partial charge is 0.326 e. The molecule has 6 heteroatoms. The van der Waals surface area contributed by atoms with E-state index >= 15 is 0 Å². The Hall–Kier alpha value is -0.170. The van der Waals surface area contributed by atoms with E-state index in [9.17, 15) is 8.42 Å². The van der Waals surface area contributed by atoms with Crippen molar-refractivity contribution in [2.75, 3.05) is 6.54 Å². The molecule has 0 aromatic rings. The van der Waals surface area contributed by atoms with E-state index in [1.807, 2.05) is 6.92 Å². The van der Waals surface area contributed by atoms with Gasteiger partial charge in [-0.15, -0.1) is 0 Å². The predicted octanol–water partition coefficient (Wildman–Crippen LogP) is -0.205. The van der Waals surface area contributed by atoms with Gasteiger partial charge in [-0.1, -0.05) is 6.42 Å². The first-order chi connectivity index (χ1) is 7.00. The fourth-order valence-corrected chi connectivity index (χ4v) is 3.78. The van der Waals surface area contributed by atoms with Gasteiger partial charge >= 0.3 is 0 Å². The standard InChI is InChI=1S/C9H19N3O2S/c1-7-4-2-3-5-12(7)15(13,14)11-9-6-8(9)10/h7-9,11H,2-6,10H2,1H3. The number of nitrogens with zero attached hydrogens (tertiary/aromatic N) is 1. The molecular weight excluding hydrogens is 214 g/mol. The van der Waals surface area contributed by atoms with Gasteiger partial charge < -0.3 is 5.73 Å². The summed E-state index contributed by atoms with van der Waals surface area (Å²) in [5, 5.41) is 0. The van der Waals surface area contributed by atoms with Gasteiger partial charge in [0.1, 0.15) is 0 Å². The first kappa shape index (κ1) is 11.3. The Morgan fingerprint density at radius 2 is 2.07 bits per heavy atom. The molecule has 0 radical (unpaired) electrons. The van der Waals surface area contributed by atoms with E-state index in [0.717, 1.165) is 25.7 Å². The monoisotopic (exact) mass is 233 g/mol. The summed E-state index contributed by atoms with van der Waals surface area (Å²) >= 11 is 0. The van der Waals surface area contributed by atoms with Gasteiger partial charge in [-0.2, -0.15) is 17.4 Å². The molecular formula is C9H19N3O2S. The van der Waals surface area contributed by atoms with Crippen molar-refractivity contribution in [3.63, 3.8) is 0 Å². The zero-order chi connectivity index (χ0) is 11.1. The van der Waals surface area contributed by atoms with Crippen molar-refractivity contribution >= 4 is 10.2 Å². The lowest BCUT2D eigenvalue weighted by molar-refractivity contribution is 0.265. The number of rotatable bonds is 3. The van der Waals surface area contributed by atoms with Gasteiger partial charge in [-0.25, -0.2) is 0 Å². The van der Waals surface area contributed by atoms with Crippen molar-refractivity contribution in [1.29, 1.82) is 0 Å². The summed E-state index contributed by atoms with van der Waals surface area (Å²) in [6, 6.07) is 0.0928. The van der Waals surface area contributed by atoms with Gasteiger partial charge in [0.05, 0.1) is 0 Å². The maximum Gasteiger partial charge on any atom is 0.279 e. The molecule has 2 rings (SSSR count). The van der Waals surface area contributed by atoms with Crippen LogP contribution in [0.4, 0.5) is 0 Å². The van der Waals surface area contributed by atoms with E-state index in [0.29, 0.717) is 6.54 Å². The predicted molar refractivity (Wildman–Crippen MR) is 58.5 cm³/mol. The molecule has 5 nitrogen and oxygen atoms in total. The molecule has 3 unspecified atom stereocenters. The molecule has 3 N–H and O–H groups in total. The summed E-state index contributed by atoms with van der Waals surface area (Å²) in [5.74, 6) is 0. The van der Waals surface area contributed by atoms with E-state index in [-0.39, 0.29) is 18.1 Å². The highest BCUT2D eigenvalue weighted by Gasteiger charge is 2.40. The Morgan fingerprint density at radius 1 is 1.40 bits per heavy atom. The number of hydrogen-bond acceptors (Lipinski definition) is 3. The van der Waals surface area contributed by atoms with Crippen LogP contribution in [-0.4, -0.2) is 37.4 Å². The number of piperidine rings is 1. The summed E-state index contributed by atoms with van der Waals surface area (Å²) in [6.45, 7) is 2.60. The summed E-state index contributed by atoms with van der Waals surface area (Å²) in [4.78, 5) is 0. The van der Waals surface area contributed by atoms with Gasteiger partial charge in [0.2, 0.25) is 0 Å². The van der Waals surface area contributed by atoms with Crippen LogP contribution >= 0.6 is 0 Å². The average Bonchev–Trinajstić information content (AvgIpc) is 2.81. The maximum absolute atomic E-state index is 12.0. The second-order valence-corrected chi connectivity index (χ2v) is 6.24. The fraction of sp³-hybridized carbons (Fsp3) is 1.00. The van der Waals surface area contributed by atoms with Crippen LogP contribution in [0.1, 0.15) is 32.6 Å². The normalized spacial score (nSPS) is 37.9. The molecule has 0 aromatic carbocycles. The molecule has 1 aliphatic carbocycles. The van der Waals surface area contributed by atoms with Gasteiger partial charge in [-0.05, 0) is 26.2 Å². The van der Waals surface area contributed by atoms with E-state index in [4.69, 9.17) is 5.73 Å². The van der Waals surface area contributed by atoms with E-state index in [1.165, 1.54) is 0 Å². The van der Waals surface area contributed by atoms with Gasteiger partial charge in [0, 0.05) is 24.7 Å². The Bertz CT molecular complexity index is 330. The minimum atomic E-state index is -3.30. The maximum atomic E-state index is 12.0. The van der Waals surface area contributed by atoms with Crippen molar-refractivity contribution < 1.29 is 8.42 Å². The zero-order valence-corrected chi connectivity index (χ0v) is 9.83. The lowest BCUT2D eigenvalue weighted by atomic mass is 10.1. The van der Waals surface area contributed by atoms with Crippen molar-refractivity contribution in [1.82, 2.24) is 9.03 Å².